The summed E-state index contributed by atoms with van der Waals surface area (Å²) in [7, 11) is 0. The number of aliphatic carboxylic acids is 1. The SMILES string of the molecule is O=C(O)C[C@@H]1CCO[C@H](C2CC2)C1. The topological polar surface area (TPSA) is 46.5 Å². The first-order valence-electron chi connectivity index (χ1n) is 5.09. The van der Waals surface area contributed by atoms with Crippen LogP contribution < -0.4 is 0 Å². The average molecular weight is 184 g/mol. The summed E-state index contributed by atoms with van der Waals surface area (Å²) >= 11 is 0. The number of carbonyl (C=O) groups is 1. The first-order valence-corrected chi connectivity index (χ1v) is 5.09. The molecule has 3 heteroatoms. The summed E-state index contributed by atoms with van der Waals surface area (Å²) in [5.74, 6) is 0.440. The van der Waals surface area contributed by atoms with Crippen molar-refractivity contribution in [3.05, 3.63) is 0 Å². The number of hydrogen-bond acceptors (Lipinski definition) is 2. The van der Waals surface area contributed by atoms with Crippen molar-refractivity contribution in [3.63, 3.8) is 0 Å². The second-order valence-corrected chi connectivity index (χ2v) is 4.23. The van der Waals surface area contributed by atoms with Gasteiger partial charge in [0.25, 0.3) is 0 Å². The van der Waals surface area contributed by atoms with Crippen LogP contribution in [-0.4, -0.2) is 23.8 Å². The molecule has 0 bridgehead atoms. The Kier molecular flexibility index (Phi) is 2.54. The lowest BCUT2D eigenvalue weighted by Crippen LogP contribution is -2.28. The van der Waals surface area contributed by atoms with E-state index in [0.29, 0.717) is 18.4 Å². The third-order valence-electron chi connectivity index (χ3n) is 3.03. The lowest BCUT2D eigenvalue weighted by molar-refractivity contribution is -0.139. The smallest absolute Gasteiger partial charge is 0.303 e. The summed E-state index contributed by atoms with van der Waals surface area (Å²) in [4.78, 5) is 10.5. The molecule has 0 aromatic carbocycles. The number of ether oxygens (including phenoxy) is 1. The van der Waals surface area contributed by atoms with Crippen LogP contribution in [-0.2, 0) is 9.53 Å². The van der Waals surface area contributed by atoms with Gasteiger partial charge < -0.3 is 9.84 Å². The quantitative estimate of drug-likeness (QED) is 0.725. The first-order chi connectivity index (χ1) is 6.25. The fourth-order valence-electron chi connectivity index (χ4n) is 2.13. The Morgan fingerprint density at radius 1 is 1.38 bits per heavy atom. The predicted molar refractivity (Wildman–Crippen MR) is 47.4 cm³/mol. The van der Waals surface area contributed by atoms with Gasteiger partial charge in [-0.3, -0.25) is 4.79 Å². The summed E-state index contributed by atoms with van der Waals surface area (Å²) < 4.78 is 5.62. The molecule has 0 aromatic rings. The number of carboxylic acid groups (broad SMARTS) is 1. The van der Waals surface area contributed by atoms with E-state index in [9.17, 15) is 4.79 Å². The largest absolute Gasteiger partial charge is 0.481 e. The van der Waals surface area contributed by atoms with Gasteiger partial charge in [0.1, 0.15) is 0 Å². The molecule has 0 unspecified atom stereocenters. The van der Waals surface area contributed by atoms with Gasteiger partial charge in [-0.2, -0.15) is 0 Å². The van der Waals surface area contributed by atoms with Crippen molar-refractivity contribution in [1.29, 1.82) is 0 Å². The number of carboxylic acids is 1. The van der Waals surface area contributed by atoms with Crippen molar-refractivity contribution >= 4 is 5.97 Å². The van der Waals surface area contributed by atoms with Crippen LogP contribution in [0.5, 0.6) is 0 Å². The van der Waals surface area contributed by atoms with Crippen LogP contribution >= 0.6 is 0 Å². The Morgan fingerprint density at radius 3 is 2.77 bits per heavy atom. The highest BCUT2D eigenvalue weighted by atomic mass is 16.5. The molecule has 0 amide bonds. The van der Waals surface area contributed by atoms with Crippen molar-refractivity contribution < 1.29 is 14.6 Å². The maximum absolute atomic E-state index is 10.5. The van der Waals surface area contributed by atoms with Gasteiger partial charge in [0.2, 0.25) is 0 Å². The Labute approximate surface area is 78.1 Å². The van der Waals surface area contributed by atoms with Gasteiger partial charge in [-0.05, 0) is 37.5 Å². The average Bonchev–Trinajstić information content (AvgIpc) is 2.85. The van der Waals surface area contributed by atoms with Gasteiger partial charge in [-0.15, -0.1) is 0 Å². The highest BCUT2D eigenvalue weighted by molar-refractivity contribution is 5.67. The van der Waals surface area contributed by atoms with E-state index in [0.717, 1.165) is 25.4 Å². The molecule has 2 fully saturated rings. The van der Waals surface area contributed by atoms with Crippen molar-refractivity contribution in [1.82, 2.24) is 0 Å². The second kappa shape index (κ2) is 3.66. The molecule has 2 rings (SSSR count). The zero-order valence-electron chi connectivity index (χ0n) is 7.74. The van der Waals surface area contributed by atoms with Gasteiger partial charge >= 0.3 is 5.97 Å². The minimum absolute atomic E-state index is 0.326. The van der Waals surface area contributed by atoms with Crippen LogP contribution in [0.3, 0.4) is 0 Å². The van der Waals surface area contributed by atoms with E-state index in [1.807, 2.05) is 0 Å². The van der Waals surface area contributed by atoms with E-state index in [4.69, 9.17) is 9.84 Å². The van der Waals surface area contributed by atoms with Gasteiger partial charge in [-0.25, -0.2) is 0 Å². The minimum Gasteiger partial charge on any atom is -0.481 e. The maximum atomic E-state index is 10.5. The van der Waals surface area contributed by atoms with Crippen LogP contribution in [0.4, 0.5) is 0 Å². The molecule has 2 atom stereocenters. The third-order valence-corrected chi connectivity index (χ3v) is 3.03. The highest BCUT2D eigenvalue weighted by Crippen LogP contribution is 2.40. The summed E-state index contributed by atoms with van der Waals surface area (Å²) in [6.07, 6.45) is 5.16. The van der Waals surface area contributed by atoms with E-state index in [1.165, 1.54) is 12.8 Å². The second-order valence-electron chi connectivity index (χ2n) is 4.23. The van der Waals surface area contributed by atoms with Gasteiger partial charge in [0, 0.05) is 13.0 Å². The fraction of sp³-hybridized carbons (Fsp3) is 0.900. The van der Waals surface area contributed by atoms with E-state index in [2.05, 4.69) is 0 Å². The summed E-state index contributed by atoms with van der Waals surface area (Å²) in [5, 5.41) is 8.67. The number of rotatable bonds is 3. The molecular weight excluding hydrogens is 168 g/mol. The highest BCUT2D eigenvalue weighted by Gasteiger charge is 2.36. The summed E-state index contributed by atoms with van der Waals surface area (Å²) in [6.45, 7) is 0.763. The molecule has 0 spiro atoms. The van der Waals surface area contributed by atoms with Gasteiger partial charge in [0.05, 0.1) is 6.10 Å². The standard InChI is InChI=1S/C10H16O3/c11-10(12)6-7-3-4-13-9(5-7)8-1-2-8/h7-9H,1-6H2,(H,11,12)/t7-,9+/m1/s1. The Bertz CT molecular complexity index is 198. The van der Waals surface area contributed by atoms with Crippen molar-refractivity contribution in [2.75, 3.05) is 6.61 Å². The minimum atomic E-state index is -0.665. The summed E-state index contributed by atoms with van der Waals surface area (Å²) in [5.41, 5.74) is 0. The Balaban J connectivity index is 1.80. The molecule has 13 heavy (non-hydrogen) atoms. The normalized spacial score (nSPS) is 34.5. The predicted octanol–water partition coefficient (Wildman–Crippen LogP) is 1.67. The zero-order valence-corrected chi connectivity index (χ0v) is 7.74. The molecule has 1 aliphatic heterocycles. The monoisotopic (exact) mass is 184 g/mol. The van der Waals surface area contributed by atoms with Crippen LogP contribution in [0.15, 0.2) is 0 Å². The molecule has 0 aromatic heterocycles. The maximum Gasteiger partial charge on any atom is 0.303 e. The summed E-state index contributed by atoms with van der Waals surface area (Å²) in [6, 6.07) is 0. The van der Waals surface area contributed by atoms with Crippen molar-refractivity contribution in [2.45, 2.75) is 38.2 Å². The van der Waals surface area contributed by atoms with E-state index >= 15 is 0 Å². The molecule has 3 nitrogen and oxygen atoms in total. The van der Waals surface area contributed by atoms with E-state index in [1.54, 1.807) is 0 Å². The lowest BCUT2D eigenvalue weighted by Gasteiger charge is -2.28. The molecule has 74 valence electrons. The molecule has 1 N–H and O–H groups in total. The van der Waals surface area contributed by atoms with Crippen molar-refractivity contribution in [3.8, 4) is 0 Å². The number of hydrogen-bond donors (Lipinski definition) is 1. The van der Waals surface area contributed by atoms with Crippen molar-refractivity contribution in [2.24, 2.45) is 11.8 Å². The van der Waals surface area contributed by atoms with Crippen LogP contribution in [0, 0.1) is 11.8 Å². The van der Waals surface area contributed by atoms with Crippen LogP contribution in [0.1, 0.15) is 32.1 Å². The van der Waals surface area contributed by atoms with Crippen LogP contribution in [0.2, 0.25) is 0 Å². The van der Waals surface area contributed by atoms with E-state index in [-0.39, 0.29) is 0 Å². The third kappa shape index (κ3) is 2.44. The molecule has 1 aliphatic carbocycles. The van der Waals surface area contributed by atoms with Gasteiger partial charge in [0.15, 0.2) is 0 Å². The van der Waals surface area contributed by atoms with Crippen LogP contribution in [0.25, 0.3) is 0 Å². The fourth-order valence-corrected chi connectivity index (χ4v) is 2.13. The molecule has 1 saturated heterocycles. The first kappa shape index (κ1) is 9.00. The molecule has 0 radical (unpaired) electrons. The molecule has 1 heterocycles. The molecule has 1 saturated carbocycles. The molecule has 2 aliphatic rings. The molecular formula is C10H16O3. The van der Waals surface area contributed by atoms with E-state index < -0.39 is 5.97 Å². The Morgan fingerprint density at radius 2 is 2.15 bits per heavy atom. The lowest BCUT2D eigenvalue weighted by atomic mass is 9.91. The Hall–Kier alpha value is -0.570. The van der Waals surface area contributed by atoms with Gasteiger partial charge in [-0.1, -0.05) is 0 Å². The zero-order chi connectivity index (χ0) is 9.26.